The van der Waals surface area contributed by atoms with Gasteiger partial charge in [-0.2, -0.15) is 0 Å². The molecular formula is C22H27BN2O. The van der Waals surface area contributed by atoms with Crippen molar-refractivity contribution < 1.29 is 4.74 Å². The predicted molar refractivity (Wildman–Crippen MR) is 110 cm³/mol. The van der Waals surface area contributed by atoms with E-state index in [1.54, 1.807) is 25.8 Å². The first-order chi connectivity index (χ1) is 12.9. The van der Waals surface area contributed by atoms with Gasteiger partial charge in [0.2, 0.25) is 6.71 Å². The number of aromatic nitrogens is 2. The summed E-state index contributed by atoms with van der Waals surface area (Å²) in [5.41, 5.74) is 2.84. The first kappa shape index (κ1) is 18.3. The number of hydrogen-bond acceptors (Lipinski definition) is 2. The van der Waals surface area contributed by atoms with E-state index in [2.05, 4.69) is 58.5 Å². The van der Waals surface area contributed by atoms with Gasteiger partial charge in [0.05, 0.1) is 13.4 Å². The van der Waals surface area contributed by atoms with Crippen molar-refractivity contribution in [3.8, 4) is 5.75 Å². The van der Waals surface area contributed by atoms with Crippen molar-refractivity contribution in [3.63, 3.8) is 0 Å². The lowest BCUT2D eigenvalue weighted by atomic mass is 9.32. The normalized spacial score (nSPS) is 14.2. The van der Waals surface area contributed by atoms with E-state index in [1.165, 1.54) is 43.0 Å². The van der Waals surface area contributed by atoms with Gasteiger partial charge in [0.15, 0.2) is 0 Å². The summed E-state index contributed by atoms with van der Waals surface area (Å²) in [7, 11) is 1.75. The average molecular weight is 346 g/mol. The van der Waals surface area contributed by atoms with Crippen molar-refractivity contribution in [3.05, 3.63) is 73.3 Å². The number of aromatic amines is 1. The molecule has 0 aliphatic heterocycles. The highest BCUT2D eigenvalue weighted by atomic mass is 16.5. The highest BCUT2D eigenvalue weighted by Gasteiger charge is 2.30. The van der Waals surface area contributed by atoms with E-state index in [0.29, 0.717) is 6.71 Å². The molecule has 1 fully saturated rings. The number of nitrogens with zero attached hydrogens (tertiary/aromatic N) is 1. The zero-order valence-corrected chi connectivity index (χ0v) is 15.5. The zero-order chi connectivity index (χ0) is 18.0. The standard InChI is InChI=1S/C19H23BO.C3H4N2/c1-21-19-14-8-13-18(15-19)20(16-9-4-2-5-10-16)17-11-6-3-7-12-17;1-2-5-3-4-1/h2,4-5,8-10,13-15,17H,3,6-7,11-12H2,1H3;1-3H,(H,4,5). The third-order valence-corrected chi connectivity index (χ3v) is 5.14. The van der Waals surface area contributed by atoms with Crippen LogP contribution in [0.4, 0.5) is 0 Å². The van der Waals surface area contributed by atoms with Crippen molar-refractivity contribution >= 4 is 17.6 Å². The molecule has 134 valence electrons. The summed E-state index contributed by atoms with van der Waals surface area (Å²) in [5, 5.41) is 0. The minimum atomic E-state index is 0.501. The topological polar surface area (TPSA) is 37.9 Å². The summed E-state index contributed by atoms with van der Waals surface area (Å²) in [6, 6.07) is 19.6. The number of H-pyrrole nitrogens is 1. The third kappa shape index (κ3) is 5.01. The van der Waals surface area contributed by atoms with Gasteiger partial charge in [-0.15, -0.1) is 0 Å². The number of hydrogen-bond donors (Lipinski definition) is 1. The second kappa shape index (κ2) is 9.86. The first-order valence-corrected chi connectivity index (χ1v) is 9.50. The van der Waals surface area contributed by atoms with E-state index in [1.807, 2.05) is 6.07 Å². The molecule has 3 nitrogen and oxygen atoms in total. The van der Waals surface area contributed by atoms with Gasteiger partial charge in [-0.05, 0) is 12.1 Å². The summed E-state index contributed by atoms with van der Waals surface area (Å²) in [6.45, 7) is 0.501. The van der Waals surface area contributed by atoms with Crippen molar-refractivity contribution in [2.45, 2.75) is 37.9 Å². The van der Waals surface area contributed by atoms with Crippen LogP contribution in [0, 0.1) is 0 Å². The van der Waals surface area contributed by atoms with Gasteiger partial charge in [0.25, 0.3) is 0 Å². The van der Waals surface area contributed by atoms with Gasteiger partial charge in [0, 0.05) is 12.4 Å². The van der Waals surface area contributed by atoms with Gasteiger partial charge in [-0.25, -0.2) is 4.98 Å². The van der Waals surface area contributed by atoms with E-state index >= 15 is 0 Å². The number of ether oxygens (including phenoxy) is 1. The van der Waals surface area contributed by atoms with Gasteiger partial charge < -0.3 is 9.72 Å². The number of nitrogens with one attached hydrogen (secondary N) is 1. The van der Waals surface area contributed by atoms with Gasteiger partial charge in [0.1, 0.15) is 5.75 Å². The molecule has 2 aromatic carbocycles. The summed E-state index contributed by atoms with van der Waals surface area (Å²) >= 11 is 0. The molecule has 0 atom stereocenters. The molecule has 1 aliphatic rings. The van der Waals surface area contributed by atoms with Crippen molar-refractivity contribution in [1.29, 1.82) is 0 Å². The Balaban J connectivity index is 0.000000339. The van der Waals surface area contributed by atoms with E-state index in [0.717, 1.165) is 11.6 Å². The van der Waals surface area contributed by atoms with Crippen LogP contribution in [-0.4, -0.2) is 23.8 Å². The van der Waals surface area contributed by atoms with Crippen LogP contribution in [0.5, 0.6) is 5.75 Å². The van der Waals surface area contributed by atoms with Crippen LogP contribution in [0.15, 0.2) is 73.3 Å². The second-order valence-electron chi connectivity index (χ2n) is 6.82. The van der Waals surface area contributed by atoms with Crippen LogP contribution in [0.2, 0.25) is 5.82 Å². The third-order valence-electron chi connectivity index (χ3n) is 5.14. The summed E-state index contributed by atoms with van der Waals surface area (Å²) in [6.07, 6.45) is 11.9. The summed E-state index contributed by atoms with van der Waals surface area (Å²) in [4.78, 5) is 6.42. The number of imidazole rings is 1. The highest BCUT2D eigenvalue weighted by Crippen LogP contribution is 2.31. The van der Waals surface area contributed by atoms with Crippen LogP contribution in [-0.2, 0) is 0 Å². The first-order valence-electron chi connectivity index (χ1n) is 9.50. The fourth-order valence-electron chi connectivity index (χ4n) is 3.91. The Hall–Kier alpha value is -2.49. The fraction of sp³-hybridized carbons (Fsp3) is 0.318. The molecule has 0 bridgehead atoms. The quantitative estimate of drug-likeness (QED) is 0.724. The molecule has 26 heavy (non-hydrogen) atoms. The van der Waals surface area contributed by atoms with Crippen molar-refractivity contribution in [2.24, 2.45) is 0 Å². The van der Waals surface area contributed by atoms with Crippen LogP contribution in [0.25, 0.3) is 0 Å². The summed E-state index contributed by atoms with van der Waals surface area (Å²) in [5.74, 6) is 1.72. The number of methoxy groups -OCH3 is 1. The zero-order valence-electron chi connectivity index (χ0n) is 15.5. The Morgan fingerprint density at radius 2 is 1.73 bits per heavy atom. The SMILES string of the molecule is COc1cccc(B(c2ccccc2)C2CCCCC2)c1.c1c[nH]cn1. The molecule has 0 saturated heterocycles. The van der Waals surface area contributed by atoms with E-state index in [9.17, 15) is 0 Å². The Bertz CT molecular complexity index is 723. The lowest BCUT2D eigenvalue weighted by Crippen LogP contribution is -2.46. The molecule has 0 unspecified atom stereocenters. The van der Waals surface area contributed by atoms with Gasteiger partial charge >= 0.3 is 0 Å². The molecule has 0 spiro atoms. The van der Waals surface area contributed by atoms with E-state index in [4.69, 9.17) is 4.74 Å². The molecule has 1 aliphatic carbocycles. The molecule has 1 aromatic heterocycles. The van der Waals surface area contributed by atoms with E-state index in [-0.39, 0.29) is 0 Å². The lowest BCUT2D eigenvalue weighted by Gasteiger charge is -2.29. The van der Waals surface area contributed by atoms with Crippen molar-refractivity contribution in [2.75, 3.05) is 7.11 Å². The number of benzene rings is 2. The van der Waals surface area contributed by atoms with Crippen LogP contribution in [0.3, 0.4) is 0 Å². The van der Waals surface area contributed by atoms with E-state index < -0.39 is 0 Å². The predicted octanol–water partition coefficient (Wildman–Crippen LogP) is 4.05. The molecule has 0 radical (unpaired) electrons. The van der Waals surface area contributed by atoms with Crippen LogP contribution in [0.1, 0.15) is 32.1 Å². The molecule has 1 heterocycles. The molecule has 4 heteroatoms. The molecule has 0 amide bonds. The van der Waals surface area contributed by atoms with Gasteiger partial charge in [-0.3, -0.25) is 0 Å². The van der Waals surface area contributed by atoms with Crippen LogP contribution < -0.4 is 15.7 Å². The van der Waals surface area contributed by atoms with Gasteiger partial charge in [-0.1, -0.05) is 91.3 Å². The molecule has 1 saturated carbocycles. The minimum Gasteiger partial charge on any atom is -0.497 e. The molecular weight excluding hydrogens is 319 g/mol. The maximum absolute atomic E-state index is 5.43. The second-order valence-corrected chi connectivity index (χ2v) is 6.82. The maximum atomic E-state index is 5.43. The smallest absolute Gasteiger partial charge is 0.212 e. The number of rotatable bonds is 4. The summed E-state index contributed by atoms with van der Waals surface area (Å²) < 4.78 is 5.43. The lowest BCUT2D eigenvalue weighted by molar-refractivity contribution is 0.415. The molecule has 4 rings (SSSR count). The Morgan fingerprint density at radius 1 is 0.962 bits per heavy atom. The monoisotopic (exact) mass is 346 g/mol. The maximum Gasteiger partial charge on any atom is 0.212 e. The average Bonchev–Trinajstić information content (AvgIpc) is 3.30. The molecule has 1 N–H and O–H groups in total. The highest BCUT2D eigenvalue weighted by molar-refractivity contribution is 6.86. The largest absolute Gasteiger partial charge is 0.497 e. The fourth-order valence-corrected chi connectivity index (χ4v) is 3.91. The van der Waals surface area contributed by atoms with Crippen molar-refractivity contribution in [1.82, 2.24) is 9.97 Å². The Kier molecular flexibility index (Phi) is 6.94. The van der Waals surface area contributed by atoms with Crippen LogP contribution >= 0.6 is 0 Å². The Labute approximate surface area is 156 Å². The Morgan fingerprint density at radius 3 is 2.35 bits per heavy atom. The molecule has 3 aromatic rings. The minimum absolute atomic E-state index is 0.501.